The van der Waals surface area contributed by atoms with Gasteiger partial charge in [-0.25, -0.2) is 0 Å². The van der Waals surface area contributed by atoms with E-state index in [4.69, 9.17) is 19.3 Å². The maximum absolute atomic E-state index is 14.2. The Kier molecular flexibility index (Phi) is 58.2. The molecule has 2 fully saturated rings. The number of carboxylic acids is 1. The molecule has 16 heteroatoms. The molecule has 2 aromatic rings. The van der Waals surface area contributed by atoms with Gasteiger partial charge in [0.1, 0.15) is 6.61 Å². The number of hydrogen-bond acceptors (Lipinski definition) is 14. The molecule has 0 bridgehead atoms. The number of carboxylic acid groups (broad SMARTS) is 1. The third-order valence-corrected chi connectivity index (χ3v) is 22.9. The van der Waals surface area contributed by atoms with Crippen molar-refractivity contribution >= 4 is 58.9 Å². The second-order valence-corrected chi connectivity index (χ2v) is 33.1. The highest BCUT2D eigenvalue weighted by Gasteiger charge is 2.47. The molecule has 109 heavy (non-hydrogen) atoms. The topological polar surface area (TPSA) is 223 Å². The van der Waals surface area contributed by atoms with E-state index in [1.807, 2.05) is 81.3 Å². The number of carbonyl (C=O) groups is 8. The predicted molar refractivity (Wildman–Crippen MR) is 448 cm³/mol. The molecular formula is C93H159N3O13. The number of cyclic esters (lactones) is 4. The van der Waals surface area contributed by atoms with Crippen molar-refractivity contribution < 1.29 is 62.8 Å². The van der Waals surface area contributed by atoms with Crippen molar-refractivity contribution in [3.63, 3.8) is 0 Å². The van der Waals surface area contributed by atoms with E-state index >= 15 is 0 Å². The van der Waals surface area contributed by atoms with E-state index in [9.17, 15) is 43.5 Å². The highest BCUT2D eigenvalue weighted by Crippen LogP contribution is 2.40. The largest absolute Gasteiger partial charge is 0.481 e. The lowest BCUT2D eigenvalue weighted by Gasteiger charge is -2.32. The molecule has 624 valence electrons. The highest BCUT2D eigenvalue weighted by molar-refractivity contribution is 5.97. The van der Waals surface area contributed by atoms with Crippen LogP contribution in [0.5, 0.6) is 0 Å². The highest BCUT2D eigenvalue weighted by atomic mass is 16.6. The summed E-state index contributed by atoms with van der Waals surface area (Å²) in [6.07, 6.45) is 58.9. The van der Waals surface area contributed by atoms with Crippen LogP contribution in [0.25, 0.3) is 0 Å². The smallest absolute Gasteiger partial charge is 0.317 e. The summed E-state index contributed by atoms with van der Waals surface area (Å²) in [5.41, 5.74) is 3.25. The SMILES string of the molecule is CCCCCCCCCCCCCCCCC(C)CC(C(=O)OCCNC(=O)c1ccc(N(C)C)cc1)C(C(=O)O)C(CCCCCCCCCCCCCCCC)CC1C(=O)OC(=O)C1C.CCCCCCCCCCCCCCCCC(C)CC1C(=O)OC(=O)C1C.CN(C)c1ccc(C(=O)CCCO)cc1. The van der Waals surface area contributed by atoms with E-state index in [-0.39, 0.29) is 67.6 Å². The van der Waals surface area contributed by atoms with Crippen molar-refractivity contribution in [1.82, 2.24) is 5.32 Å². The minimum Gasteiger partial charge on any atom is -0.481 e. The average molecular weight is 1530 g/mol. The van der Waals surface area contributed by atoms with Crippen LogP contribution >= 0.6 is 0 Å². The zero-order valence-corrected chi connectivity index (χ0v) is 71.1. The van der Waals surface area contributed by atoms with E-state index in [1.54, 1.807) is 19.1 Å². The van der Waals surface area contributed by atoms with Gasteiger partial charge < -0.3 is 39.5 Å². The van der Waals surface area contributed by atoms with Crippen LogP contribution in [0.1, 0.15) is 390 Å². The molecule has 2 aromatic carbocycles. The zero-order chi connectivity index (χ0) is 80.2. The lowest BCUT2D eigenvalue weighted by molar-refractivity contribution is -0.161. The Hall–Kier alpha value is -5.64. The number of esters is 5. The summed E-state index contributed by atoms with van der Waals surface area (Å²) in [4.78, 5) is 105. The fraction of sp³-hybridized carbons (Fsp3) is 0.785. The van der Waals surface area contributed by atoms with Crippen LogP contribution in [-0.2, 0) is 43.0 Å². The van der Waals surface area contributed by atoms with Crippen molar-refractivity contribution in [3.8, 4) is 0 Å². The Bertz CT molecular complexity index is 2700. The molecule has 3 N–H and O–H groups in total. The number of hydrogen-bond donors (Lipinski definition) is 3. The fourth-order valence-electron chi connectivity index (χ4n) is 15.6. The Labute approximate surface area is 663 Å². The second kappa shape index (κ2) is 63.8. The molecular weight excluding hydrogens is 1370 g/mol. The molecule has 9 atom stereocenters. The van der Waals surface area contributed by atoms with Gasteiger partial charge >= 0.3 is 35.8 Å². The summed E-state index contributed by atoms with van der Waals surface area (Å²) in [5, 5.41) is 22.5. The third-order valence-electron chi connectivity index (χ3n) is 22.9. The van der Waals surface area contributed by atoms with Gasteiger partial charge in [0.25, 0.3) is 5.91 Å². The molecule has 2 aliphatic heterocycles. The molecule has 16 nitrogen and oxygen atoms in total. The summed E-state index contributed by atoms with van der Waals surface area (Å²) in [6.45, 7) is 14.6. The Morgan fingerprint density at radius 2 is 0.771 bits per heavy atom. The van der Waals surface area contributed by atoms with Gasteiger partial charge in [-0.05, 0) is 98.4 Å². The number of rotatable bonds is 65. The quantitative estimate of drug-likeness (QED) is 0.0184. The summed E-state index contributed by atoms with van der Waals surface area (Å²) >= 11 is 0. The van der Waals surface area contributed by atoms with Crippen LogP contribution in [0.15, 0.2) is 48.5 Å². The van der Waals surface area contributed by atoms with Gasteiger partial charge in [-0.3, -0.25) is 38.4 Å². The first-order chi connectivity index (χ1) is 52.6. The Balaban J connectivity index is 0.000000773. The van der Waals surface area contributed by atoms with Gasteiger partial charge in [0.2, 0.25) is 0 Å². The number of amides is 1. The number of anilines is 2. The number of aliphatic carboxylic acids is 1. The molecule has 1 amide bonds. The number of carbonyl (C=O) groups excluding carboxylic acids is 7. The van der Waals surface area contributed by atoms with Crippen molar-refractivity contribution in [3.05, 3.63) is 59.7 Å². The lowest BCUT2D eigenvalue weighted by Crippen LogP contribution is -2.40. The van der Waals surface area contributed by atoms with E-state index < -0.39 is 53.5 Å². The number of aliphatic hydroxyl groups excluding tert-OH is 1. The molecule has 0 radical (unpaired) electrons. The minimum atomic E-state index is -1.10. The van der Waals surface area contributed by atoms with Crippen LogP contribution in [0.4, 0.5) is 11.4 Å². The van der Waals surface area contributed by atoms with E-state index in [0.717, 1.165) is 69.2 Å². The van der Waals surface area contributed by atoms with Gasteiger partial charge in [-0.1, -0.05) is 331 Å². The molecule has 4 rings (SSSR count). The number of Topliss-reactive ketones (excluding diaryl/α,β-unsaturated/α-hetero) is 1. The fourth-order valence-corrected chi connectivity index (χ4v) is 15.6. The van der Waals surface area contributed by atoms with Crippen molar-refractivity contribution in [1.29, 1.82) is 0 Å². The first kappa shape index (κ1) is 99.4. The Morgan fingerprint density at radius 3 is 1.10 bits per heavy atom. The van der Waals surface area contributed by atoms with Gasteiger partial charge in [-0.2, -0.15) is 0 Å². The van der Waals surface area contributed by atoms with Crippen LogP contribution in [0, 0.1) is 53.3 Å². The summed E-state index contributed by atoms with van der Waals surface area (Å²) in [5.74, 6) is -7.61. The number of nitrogens with zero attached hydrogens (tertiary/aromatic N) is 2. The lowest BCUT2D eigenvalue weighted by atomic mass is 9.71. The van der Waals surface area contributed by atoms with E-state index in [1.165, 1.54) is 231 Å². The molecule has 2 saturated heterocycles. The third kappa shape index (κ3) is 46.2. The van der Waals surface area contributed by atoms with Gasteiger partial charge in [0.05, 0.1) is 42.1 Å². The first-order valence-electron chi connectivity index (χ1n) is 44.5. The molecule has 9 unspecified atom stereocenters. The molecule has 0 aromatic heterocycles. The number of unbranched alkanes of at least 4 members (excludes halogenated alkanes) is 39. The number of nitrogens with one attached hydrogen (secondary N) is 1. The summed E-state index contributed by atoms with van der Waals surface area (Å²) in [6, 6.07) is 14.7. The molecule has 0 saturated carbocycles. The predicted octanol–water partition coefficient (Wildman–Crippen LogP) is 23.4. The molecule has 0 aliphatic carbocycles. The maximum atomic E-state index is 14.2. The van der Waals surface area contributed by atoms with Crippen LogP contribution < -0.4 is 15.1 Å². The van der Waals surface area contributed by atoms with Gasteiger partial charge in [0, 0.05) is 63.7 Å². The van der Waals surface area contributed by atoms with E-state index in [0.29, 0.717) is 42.7 Å². The average Bonchev–Trinajstić information content (AvgIpc) is 1.74. The number of ether oxygens (including phenoxy) is 3. The first-order valence-corrected chi connectivity index (χ1v) is 44.5. The molecule has 2 heterocycles. The standard InChI is InChI=1S/C57H98N2O8.C24H44O3.C12H17NO2/c1-7-9-11-13-15-17-19-21-23-25-27-29-31-33-35-45(3)43-51(56(64)66-42-41-58-53(60)47-37-39-49(40-38-47)59(5)6)52(54(61)62)48(44-50-46(4)55(63)67-57(50)65)36-34-32-30-28-26-24-22-20-18-16-14-12-10-8-2;1-4-5-6-7-8-9-10-11-12-13-14-15-16-17-18-20(2)19-22-21(3)23(25)27-24(22)26;1-13(2)11-7-5-10(6-8-11)12(15)4-3-9-14/h37-40,45-46,48,50-52H,7-36,41-44H2,1-6H3,(H,58,60)(H,61,62);20-22H,4-19H2,1-3H3;5-8,14H,3-4,9H2,1-2H3. The van der Waals surface area contributed by atoms with Crippen molar-refractivity contribution in [2.75, 3.05) is 57.7 Å². The zero-order valence-electron chi connectivity index (χ0n) is 71.1. The maximum Gasteiger partial charge on any atom is 0.317 e. The van der Waals surface area contributed by atoms with E-state index in [2.05, 4.69) is 39.9 Å². The summed E-state index contributed by atoms with van der Waals surface area (Å²) in [7, 11) is 7.78. The van der Waals surface area contributed by atoms with Gasteiger partial charge in [0.15, 0.2) is 5.78 Å². The number of benzene rings is 2. The number of aliphatic hydroxyl groups is 1. The minimum absolute atomic E-state index is 0.0696. The number of ketones is 1. The Morgan fingerprint density at radius 1 is 0.440 bits per heavy atom. The van der Waals surface area contributed by atoms with Crippen LogP contribution in [-0.4, -0.2) is 106 Å². The molecule has 2 aliphatic rings. The monoisotopic (exact) mass is 1530 g/mol. The van der Waals surface area contributed by atoms with Crippen LogP contribution in [0.2, 0.25) is 0 Å². The summed E-state index contributed by atoms with van der Waals surface area (Å²) < 4.78 is 15.6. The van der Waals surface area contributed by atoms with Crippen molar-refractivity contribution in [2.24, 2.45) is 53.3 Å². The molecule has 0 spiro atoms. The second-order valence-electron chi connectivity index (χ2n) is 33.1. The normalized spacial score (nSPS) is 16.8. The van der Waals surface area contributed by atoms with Gasteiger partial charge in [-0.15, -0.1) is 0 Å². The van der Waals surface area contributed by atoms with Crippen LogP contribution in [0.3, 0.4) is 0 Å². The van der Waals surface area contributed by atoms with Crippen molar-refractivity contribution in [2.45, 2.75) is 370 Å².